The molecule has 0 saturated heterocycles. The third-order valence-corrected chi connectivity index (χ3v) is 2.63. The Bertz CT molecular complexity index is 505. The molecule has 0 fully saturated rings. The Morgan fingerprint density at radius 1 is 1.47 bits per heavy atom. The summed E-state index contributed by atoms with van der Waals surface area (Å²) in [5.74, 6) is 1.41. The minimum absolute atomic E-state index is 0.00574. The molecule has 0 spiro atoms. The van der Waals surface area contributed by atoms with Crippen molar-refractivity contribution in [2.75, 3.05) is 6.54 Å². The lowest BCUT2D eigenvalue weighted by Crippen LogP contribution is -2.24. The summed E-state index contributed by atoms with van der Waals surface area (Å²) in [5.41, 5.74) is 0. The molecule has 0 aliphatic carbocycles. The van der Waals surface area contributed by atoms with Crippen LogP contribution in [0.1, 0.15) is 32.1 Å². The van der Waals surface area contributed by atoms with E-state index in [2.05, 4.69) is 22.4 Å². The van der Waals surface area contributed by atoms with Crippen molar-refractivity contribution in [3.05, 3.63) is 24.3 Å². The van der Waals surface area contributed by atoms with Crippen LogP contribution >= 0.6 is 0 Å². The second-order valence-electron chi connectivity index (χ2n) is 4.19. The topological polar surface area (TPSA) is 81.2 Å². The highest BCUT2D eigenvalue weighted by Gasteiger charge is 2.11. The van der Waals surface area contributed by atoms with E-state index < -0.39 is 0 Å². The van der Waals surface area contributed by atoms with Crippen LogP contribution in [0.25, 0.3) is 11.6 Å². The number of carbonyl (C=O) groups is 1. The maximum atomic E-state index is 11.5. The highest BCUT2D eigenvalue weighted by molar-refractivity contribution is 5.75. The molecule has 6 heteroatoms. The van der Waals surface area contributed by atoms with Crippen LogP contribution in [0.2, 0.25) is 0 Å². The van der Waals surface area contributed by atoms with Gasteiger partial charge in [-0.15, -0.1) is 0 Å². The zero-order chi connectivity index (χ0) is 13.5. The van der Waals surface area contributed by atoms with E-state index in [-0.39, 0.29) is 5.91 Å². The summed E-state index contributed by atoms with van der Waals surface area (Å²) in [5, 5.41) is 6.64. The van der Waals surface area contributed by atoms with Crippen molar-refractivity contribution in [3.63, 3.8) is 0 Å². The quantitative estimate of drug-likeness (QED) is 0.774. The molecule has 0 atom stereocenters. The predicted octanol–water partition coefficient (Wildman–Crippen LogP) is 2.18. The molecule has 0 bridgehead atoms. The first-order valence-corrected chi connectivity index (χ1v) is 6.42. The Morgan fingerprint density at radius 3 is 3.11 bits per heavy atom. The molecule has 0 unspecified atom stereocenters. The third-order valence-electron chi connectivity index (χ3n) is 2.63. The average Bonchev–Trinajstić information content (AvgIpc) is 3.07. The van der Waals surface area contributed by atoms with Crippen LogP contribution in [0.3, 0.4) is 0 Å². The van der Waals surface area contributed by atoms with Gasteiger partial charge in [-0.25, -0.2) is 0 Å². The minimum atomic E-state index is 0.00574. The van der Waals surface area contributed by atoms with Crippen LogP contribution in [0, 0.1) is 0 Å². The molecule has 0 aromatic carbocycles. The molecule has 2 aromatic heterocycles. The van der Waals surface area contributed by atoms with Crippen molar-refractivity contribution < 1.29 is 13.7 Å². The van der Waals surface area contributed by atoms with E-state index in [1.165, 1.54) is 0 Å². The fourth-order valence-electron chi connectivity index (χ4n) is 1.58. The van der Waals surface area contributed by atoms with Gasteiger partial charge in [0.15, 0.2) is 5.76 Å². The third kappa shape index (κ3) is 3.94. The molecule has 6 nitrogen and oxygen atoms in total. The van der Waals surface area contributed by atoms with Gasteiger partial charge in [0.2, 0.25) is 17.6 Å². The number of furan rings is 1. The second kappa shape index (κ2) is 6.72. The molecule has 0 aliphatic heterocycles. The number of carbonyl (C=O) groups excluding carboxylic acids is 1. The van der Waals surface area contributed by atoms with Crippen LogP contribution in [0.5, 0.6) is 0 Å². The van der Waals surface area contributed by atoms with Crippen molar-refractivity contribution in [2.45, 2.75) is 32.6 Å². The summed E-state index contributed by atoms with van der Waals surface area (Å²) < 4.78 is 10.2. The number of nitrogens with one attached hydrogen (secondary N) is 1. The Labute approximate surface area is 111 Å². The number of amides is 1. The van der Waals surface area contributed by atoms with Crippen molar-refractivity contribution in [1.29, 1.82) is 0 Å². The van der Waals surface area contributed by atoms with E-state index >= 15 is 0 Å². The van der Waals surface area contributed by atoms with Gasteiger partial charge in [-0.3, -0.25) is 4.79 Å². The van der Waals surface area contributed by atoms with Gasteiger partial charge in [-0.05, 0) is 18.6 Å². The average molecular weight is 263 g/mol. The Kier molecular flexibility index (Phi) is 4.72. The van der Waals surface area contributed by atoms with Crippen LogP contribution in [0.4, 0.5) is 0 Å². The maximum Gasteiger partial charge on any atom is 0.238 e. The lowest BCUT2D eigenvalue weighted by atomic mass is 10.3. The molecular formula is C13H17N3O3. The van der Waals surface area contributed by atoms with E-state index in [0.717, 1.165) is 19.4 Å². The molecule has 0 aliphatic rings. The molecule has 2 aromatic rings. The zero-order valence-electron chi connectivity index (χ0n) is 10.9. The van der Waals surface area contributed by atoms with Gasteiger partial charge in [0.05, 0.1) is 6.26 Å². The fourth-order valence-corrected chi connectivity index (χ4v) is 1.58. The van der Waals surface area contributed by atoms with E-state index in [0.29, 0.717) is 30.3 Å². The molecule has 2 rings (SSSR count). The zero-order valence-corrected chi connectivity index (χ0v) is 10.9. The smallest absolute Gasteiger partial charge is 0.238 e. The first-order valence-electron chi connectivity index (χ1n) is 6.42. The fraction of sp³-hybridized carbons (Fsp3) is 0.462. The lowest BCUT2D eigenvalue weighted by molar-refractivity contribution is -0.121. The number of rotatable bonds is 7. The molecule has 0 radical (unpaired) electrons. The summed E-state index contributed by atoms with van der Waals surface area (Å²) >= 11 is 0. The number of aromatic nitrogens is 2. The van der Waals surface area contributed by atoms with Crippen LogP contribution in [-0.2, 0) is 11.2 Å². The summed E-state index contributed by atoms with van der Waals surface area (Å²) in [4.78, 5) is 15.7. The number of aryl methyl sites for hydroxylation is 1. The summed E-state index contributed by atoms with van der Waals surface area (Å²) in [6.45, 7) is 2.80. The van der Waals surface area contributed by atoms with E-state index in [4.69, 9.17) is 8.94 Å². The molecular weight excluding hydrogens is 246 g/mol. The first-order chi connectivity index (χ1) is 9.29. The first kappa shape index (κ1) is 13.3. The summed E-state index contributed by atoms with van der Waals surface area (Å²) in [6.07, 6.45) is 4.40. The van der Waals surface area contributed by atoms with Crippen LogP contribution in [0.15, 0.2) is 27.3 Å². The Balaban J connectivity index is 1.79. The van der Waals surface area contributed by atoms with Crippen molar-refractivity contribution in [3.8, 4) is 11.6 Å². The van der Waals surface area contributed by atoms with Gasteiger partial charge in [-0.2, -0.15) is 4.98 Å². The van der Waals surface area contributed by atoms with E-state index in [9.17, 15) is 4.79 Å². The molecule has 2 heterocycles. The second-order valence-corrected chi connectivity index (χ2v) is 4.19. The molecule has 0 saturated carbocycles. The Morgan fingerprint density at radius 2 is 2.37 bits per heavy atom. The minimum Gasteiger partial charge on any atom is -0.461 e. The van der Waals surface area contributed by atoms with Gasteiger partial charge in [-0.1, -0.05) is 18.5 Å². The standard InChI is InChI=1S/C13H17N3O3/c1-2-3-8-14-11(17)6-7-12-15-13(16-19-12)10-5-4-9-18-10/h4-5,9H,2-3,6-8H2,1H3,(H,14,17). The van der Waals surface area contributed by atoms with Gasteiger partial charge in [0, 0.05) is 19.4 Å². The molecule has 102 valence electrons. The number of hydrogen-bond donors (Lipinski definition) is 1. The van der Waals surface area contributed by atoms with Crippen molar-refractivity contribution in [2.24, 2.45) is 0 Å². The number of unbranched alkanes of at least 4 members (excludes halogenated alkanes) is 1. The van der Waals surface area contributed by atoms with Crippen LogP contribution < -0.4 is 5.32 Å². The van der Waals surface area contributed by atoms with E-state index in [1.54, 1.807) is 18.4 Å². The van der Waals surface area contributed by atoms with Gasteiger partial charge >= 0.3 is 0 Å². The summed E-state index contributed by atoms with van der Waals surface area (Å²) in [6, 6.07) is 3.51. The van der Waals surface area contributed by atoms with Crippen LogP contribution in [-0.4, -0.2) is 22.6 Å². The predicted molar refractivity (Wildman–Crippen MR) is 68.2 cm³/mol. The monoisotopic (exact) mass is 263 g/mol. The maximum absolute atomic E-state index is 11.5. The molecule has 1 amide bonds. The van der Waals surface area contributed by atoms with Gasteiger partial charge in [0.25, 0.3) is 0 Å². The highest BCUT2D eigenvalue weighted by Crippen LogP contribution is 2.16. The summed E-state index contributed by atoms with van der Waals surface area (Å²) in [7, 11) is 0. The lowest BCUT2D eigenvalue weighted by Gasteiger charge is -2.01. The van der Waals surface area contributed by atoms with E-state index in [1.807, 2.05) is 0 Å². The normalized spacial score (nSPS) is 10.6. The Hall–Kier alpha value is -2.11. The SMILES string of the molecule is CCCCNC(=O)CCc1nc(-c2ccco2)no1. The number of nitrogens with zero attached hydrogens (tertiary/aromatic N) is 2. The van der Waals surface area contributed by atoms with Gasteiger partial charge in [0.1, 0.15) is 0 Å². The number of hydrogen-bond acceptors (Lipinski definition) is 5. The molecule has 1 N–H and O–H groups in total. The largest absolute Gasteiger partial charge is 0.461 e. The molecule has 19 heavy (non-hydrogen) atoms. The van der Waals surface area contributed by atoms with Crippen molar-refractivity contribution >= 4 is 5.91 Å². The van der Waals surface area contributed by atoms with Crippen molar-refractivity contribution in [1.82, 2.24) is 15.5 Å². The van der Waals surface area contributed by atoms with Gasteiger partial charge < -0.3 is 14.3 Å². The highest BCUT2D eigenvalue weighted by atomic mass is 16.5.